The van der Waals surface area contributed by atoms with Gasteiger partial charge >= 0.3 is 12.1 Å². The van der Waals surface area contributed by atoms with Gasteiger partial charge in [-0.1, -0.05) is 13.8 Å². The molecule has 1 amide bonds. The number of carbonyl (C=O) groups excluding carboxylic acids is 2. The summed E-state index contributed by atoms with van der Waals surface area (Å²) in [7, 11) is 2.60. The molecule has 0 aliphatic heterocycles. The predicted octanol–water partition coefficient (Wildman–Crippen LogP) is 0.930. The molecule has 82 valence electrons. The Kier molecular flexibility index (Phi) is 5.67. The van der Waals surface area contributed by atoms with E-state index in [1.165, 1.54) is 14.2 Å². The first-order valence-corrected chi connectivity index (χ1v) is 4.42. The van der Waals surface area contributed by atoms with Gasteiger partial charge in [0, 0.05) is 6.04 Å². The molecule has 0 spiro atoms. The summed E-state index contributed by atoms with van der Waals surface area (Å²) < 4.78 is 8.96. The fourth-order valence-corrected chi connectivity index (χ4v) is 0.927. The summed E-state index contributed by atoms with van der Waals surface area (Å²) >= 11 is 0. The Morgan fingerprint density at radius 2 is 1.79 bits per heavy atom. The Morgan fingerprint density at radius 3 is 2.14 bits per heavy atom. The maximum atomic E-state index is 11.0. The number of hydrogen-bond acceptors (Lipinski definition) is 4. The Morgan fingerprint density at radius 1 is 1.21 bits per heavy atom. The second-order valence-electron chi connectivity index (χ2n) is 3.27. The molecule has 0 aromatic carbocycles. The van der Waals surface area contributed by atoms with E-state index in [4.69, 9.17) is 0 Å². The van der Waals surface area contributed by atoms with Crippen molar-refractivity contribution in [1.82, 2.24) is 5.32 Å². The highest BCUT2D eigenvalue weighted by Crippen LogP contribution is 2.07. The van der Waals surface area contributed by atoms with Gasteiger partial charge in [-0.05, 0) is 5.92 Å². The van der Waals surface area contributed by atoms with Crippen molar-refractivity contribution in [2.45, 2.75) is 26.3 Å². The average Bonchev–Trinajstić information content (AvgIpc) is 2.16. The van der Waals surface area contributed by atoms with Crippen LogP contribution in [0.5, 0.6) is 0 Å². The smallest absolute Gasteiger partial charge is 0.407 e. The van der Waals surface area contributed by atoms with E-state index in [0.29, 0.717) is 0 Å². The van der Waals surface area contributed by atoms with Crippen LogP contribution in [0, 0.1) is 5.92 Å². The van der Waals surface area contributed by atoms with Crippen LogP contribution in [0.1, 0.15) is 20.3 Å². The van der Waals surface area contributed by atoms with Crippen molar-refractivity contribution in [1.29, 1.82) is 0 Å². The number of esters is 1. The van der Waals surface area contributed by atoms with Gasteiger partial charge in [-0.2, -0.15) is 0 Å². The van der Waals surface area contributed by atoms with Crippen LogP contribution in [0.25, 0.3) is 0 Å². The van der Waals surface area contributed by atoms with Crippen LogP contribution < -0.4 is 5.32 Å². The summed E-state index contributed by atoms with van der Waals surface area (Å²) in [5.41, 5.74) is 0. The zero-order valence-corrected chi connectivity index (χ0v) is 8.99. The fourth-order valence-electron chi connectivity index (χ4n) is 0.927. The number of carbonyl (C=O) groups is 2. The van der Waals surface area contributed by atoms with Gasteiger partial charge in [-0.15, -0.1) is 0 Å². The summed E-state index contributed by atoms with van der Waals surface area (Å²) in [5.74, 6) is -0.201. The Hall–Kier alpha value is -1.26. The van der Waals surface area contributed by atoms with Gasteiger partial charge in [0.25, 0.3) is 0 Å². The van der Waals surface area contributed by atoms with Crippen molar-refractivity contribution >= 4 is 12.1 Å². The molecule has 5 heteroatoms. The van der Waals surface area contributed by atoms with Crippen molar-refractivity contribution < 1.29 is 19.1 Å². The number of ether oxygens (including phenoxy) is 2. The lowest BCUT2D eigenvalue weighted by Crippen LogP contribution is -2.40. The van der Waals surface area contributed by atoms with E-state index >= 15 is 0 Å². The van der Waals surface area contributed by atoms with Gasteiger partial charge < -0.3 is 14.8 Å². The fraction of sp³-hybridized carbons (Fsp3) is 0.778. The second kappa shape index (κ2) is 6.23. The van der Waals surface area contributed by atoms with Crippen molar-refractivity contribution in [3.05, 3.63) is 0 Å². The van der Waals surface area contributed by atoms with E-state index < -0.39 is 6.09 Å². The molecule has 1 N–H and O–H groups in total. The number of rotatable bonds is 4. The van der Waals surface area contributed by atoms with Crippen molar-refractivity contribution in [3.63, 3.8) is 0 Å². The maximum Gasteiger partial charge on any atom is 0.407 e. The molecule has 0 aromatic heterocycles. The van der Waals surface area contributed by atoms with Crippen LogP contribution in [-0.2, 0) is 14.3 Å². The van der Waals surface area contributed by atoms with Gasteiger partial charge in [-0.25, -0.2) is 4.79 Å². The lowest BCUT2D eigenvalue weighted by Gasteiger charge is -2.20. The molecule has 14 heavy (non-hydrogen) atoms. The molecular formula is C9H17NO4. The van der Waals surface area contributed by atoms with Gasteiger partial charge in [-0.3, -0.25) is 4.79 Å². The van der Waals surface area contributed by atoms with Gasteiger partial charge in [0.1, 0.15) is 0 Å². The molecule has 0 saturated heterocycles. The van der Waals surface area contributed by atoms with E-state index in [-0.39, 0.29) is 24.3 Å². The highest BCUT2D eigenvalue weighted by Gasteiger charge is 2.20. The summed E-state index contributed by atoms with van der Waals surface area (Å²) in [6, 6.07) is -0.255. The van der Waals surface area contributed by atoms with E-state index in [1.807, 2.05) is 13.8 Å². The summed E-state index contributed by atoms with van der Waals surface area (Å²) in [4.78, 5) is 21.9. The van der Waals surface area contributed by atoms with E-state index in [2.05, 4.69) is 14.8 Å². The number of hydrogen-bond donors (Lipinski definition) is 1. The lowest BCUT2D eigenvalue weighted by molar-refractivity contribution is -0.141. The Labute approximate surface area is 83.8 Å². The minimum Gasteiger partial charge on any atom is -0.469 e. The molecular weight excluding hydrogens is 186 g/mol. The number of methoxy groups -OCH3 is 2. The Balaban J connectivity index is 4.16. The minimum absolute atomic E-state index is 0.146. The molecule has 0 aromatic rings. The van der Waals surface area contributed by atoms with Crippen molar-refractivity contribution in [3.8, 4) is 0 Å². The summed E-state index contributed by atoms with van der Waals surface area (Å²) in [6.45, 7) is 3.81. The lowest BCUT2D eigenvalue weighted by atomic mass is 10.0. The van der Waals surface area contributed by atoms with Crippen molar-refractivity contribution in [2.75, 3.05) is 14.2 Å². The number of amides is 1. The summed E-state index contributed by atoms with van der Waals surface area (Å²) in [5, 5.41) is 2.57. The van der Waals surface area contributed by atoms with Crippen LogP contribution in [0.4, 0.5) is 4.79 Å². The topological polar surface area (TPSA) is 64.6 Å². The molecule has 0 heterocycles. The summed E-state index contributed by atoms with van der Waals surface area (Å²) in [6.07, 6.45) is -0.379. The molecule has 1 atom stereocenters. The third kappa shape index (κ3) is 4.69. The van der Waals surface area contributed by atoms with Crippen LogP contribution in [-0.4, -0.2) is 32.3 Å². The van der Waals surface area contributed by atoms with E-state index in [0.717, 1.165) is 0 Å². The van der Waals surface area contributed by atoms with Crippen LogP contribution in [0.3, 0.4) is 0 Å². The van der Waals surface area contributed by atoms with Gasteiger partial charge in [0.05, 0.1) is 20.6 Å². The predicted molar refractivity (Wildman–Crippen MR) is 50.8 cm³/mol. The first-order valence-electron chi connectivity index (χ1n) is 4.42. The van der Waals surface area contributed by atoms with Crippen LogP contribution in [0.2, 0.25) is 0 Å². The second-order valence-corrected chi connectivity index (χ2v) is 3.27. The van der Waals surface area contributed by atoms with Gasteiger partial charge in [0.15, 0.2) is 0 Å². The highest BCUT2D eigenvalue weighted by molar-refractivity contribution is 5.72. The number of nitrogens with one attached hydrogen (secondary N) is 1. The molecule has 0 rings (SSSR count). The minimum atomic E-state index is -0.535. The van der Waals surface area contributed by atoms with Crippen LogP contribution in [0.15, 0.2) is 0 Å². The quantitative estimate of drug-likeness (QED) is 0.690. The van der Waals surface area contributed by atoms with E-state index in [9.17, 15) is 9.59 Å². The zero-order valence-electron chi connectivity index (χ0n) is 8.99. The maximum absolute atomic E-state index is 11.0. The molecule has 0 aliphatic carbocycles. The molecule has 0 fully saturated rings. The standard InChI is InChI=1S/C9H17NO4/c1-6(2)7(5-8(11)13-3)10-9(12)14-4/h6-7H,5H2,1-4H3,(H,10,12)/t7-/m1/s1. The van der Waals surface area contributed by atoms with Crippen molar-refractivity contribution in [2.24, 2.45) is 5.92 Å². The molecule has 5 nitrogen and oxygen atoms in total. The molecule has 0 saturated carbocycles. The van der Waals surface area contributed by atoms with Gasteiger partial charge in [0.2, 0.25) is 0 Å². The molecule has 0 aliphatic rings. The van der Waals surface area contributed by atoms with Crippen LogP contribution >= 0.6 is 0 Å². The third-order valence-electron chi connectivity index (χ3n) is 1.91. The average molecular weight is 203 g/mol. The van der Waals surface area contributed by atoms with E-state index in [1.54, 1.807) is 0 Å². The zero-order chi connectivity index (χ0) is 11.1. The largest absolute Gasteiger partial charge is 0.469 e. The molecule has 0 bridgehead atoms. The normalized spacial score (nSPS) is 12.1. The first kappa shape index (κ1) is 12.7. The Bertz CT molecular complexity index is 185. The monoisotopic (exact) mass is 203 g/mol. The molecule has 0 unspecified atom stereocenters. The number of alkyl carbamates (subject to hydrolysis) is 1. The SMILES string of the molecule is COC(=O)C[C@@H](NC(=O)OC)C(C)C. The third-order valence-corrected chi connectivity index (χ3v) is 1.91. The first-order chi connectivity index (χ1) is 6.51. The highest BCUT2D eigenvalue weighted by atomic mass is 16.5. The molecule has 0 radical (unpaired) electrons.